The number of nitrogens with one attached hydrogen (secondary N) is 2. The number of fused-ring (bicyclic) bond motifs is 1. The van der Waals surface area contributed by atoms with Crippen molar-refractivity contribution in [3.05, 3.63) is 52.8 Å². The van der Waals surface area contributed by atoms with Gasteiger partial charge in [0.2, 0.25) is 0 Å². The number of anilines is 2. The Kier molecular flexibility index (Phi) is 4.40. The third kappa shape index (κ3) is 3.25. The summed E-state index contributed by atoms with van der Waals surface area (Å²) in [4.78, 5) is 10.0. The zero-order chi connectivity index (χ0) is 16.4. The van der Waals surface area contributed by atoms with Gasteiger partial charge in [0.05, 0.1) is 24.9 Å². The van der Waals surface area contributed by atoms with Gasteiger partial charge in [0.1, 0.15) is 5.82 Å². The van der Waals surface area contributed by atoms with Crippen molar-refractivity contribution in [2.75, 3.05) is 36.5 Å². The van der Waals surface area contributed by atoms with E-state index in [1.54, 1.807) is 0 Å². The normalized spacial score (nSPS) is 15.0. The molecule has 124 valence electrons. The number of H-pyrrole nitrogens is 1. The molecule has 0 atom stereocenters. The number of nitrogens with zero attached hydrogens (tertiary/aromatic N) is 2. The highest BCUT2D eigenvalue weighted by atomic mass is 79.9. The number of rotatable bonds is 4. The predicted octanol–water partition coefficient (Wildman–Crippen LogP) is 3.77. The van der Waals surface area contributed by atoms with Crippen molar-refractivity contribution in [2.45, 2.75) is 6.54 Å². The van der Waals surface area contributed by atoms with Crippen LogP contribution in [0.1, 0.15) is 5.56 Å². The van der Waals surface area contributed by atoms with E-state index >= 15 is 0 Å². The number of hydrogen-bond donors (Lipinski definition) is 2. The lowest BCUT2D eigenvalue weighted by Crippen LogP contribution is -2.36. The van der Waals surface area contributed by atoms with Crippen LogP contribution in [0.2, 0.25) is 0 Å². The zero-order valence-electron chi connectivity index (χ0n) is 13.3. The molecule has 0 amide bonds. The van der Waals surface area contributed by atoms with E-state index in [0.29, 0.717) is 0 Å². The molecular formula is C18H19BrN4O. The Hall–Kier alpha value is -2.05. The summed E-state index contributed by atoms with van der Waals surface area (Å²) >= 11 is 3.59. The molecule has 1 saturated heterocycles. The summed E-state index contributed by atoms with van der Waals surface area (Å²) in [7, 11) is 0. The van der Waals surface area contributed by atoms with Crippen LogP contribution in [0, 0.1) is 0 Å². The fraction of sp³-hybridized carbons (Fsp3) is 0.278. The van der Waals surface area contributed by atoms with Crippen molar-refractivity contribution in [1.82, 2.24) is 9.97 Å². The number of ether oxygens (including phenoxy) is 1. The number of halogens is 1. The summed E-state index contributed by atoms with van der Waals surface area (Å²) < 4.78 is 6.57. The molecule has 1 aliphatic rings. The third-order valence-corrected chi connectivity index (χ3v) is 4.79. The highest BCUT2D eigenvalue weighted by Crippen LogP contribution is 2.27. The Balaban J connectivity index is 1.54. The molecule has 0 bridgehead atoms. The van der Waals surface area contributed by atoms with Crippen LogP contribution in [-0.2, 0) is 11.3 Å². The molecule has 3 aromatic rings. The van der Waals surface area contributed by atoms with Gasteiger partial charge in [-0.05, 0) is 29.8 Å². The summed E-state index contributed by atoms with van der Waals surface area (Å²) in [5, 5.41) is 4.61. The van der Waals surface area contributed by atoms with Crippen molar-refractivity contribution in [3.63, 3.8) is 0 Å². The minimum atomic E-state index is 0.739. The Morgan fingerprint density at radius 2 is 2.08 bits per heavy atom. The molecule has 5 nitrogen and oxygen atoms in total. The molecule has 6 heteroatoms. The SMILES string of the molecule is Brc1ccc(CNc2cc3cc[nH]c3cn2)c(N2CCOCC2)c1. The largest absolute Gasteiger partial charge is 0.378 e. The van der Waals surface area contributed by atoms with Crippen molar-refractivity contribution in [1.29, 1.82) is 0 Å². The van der Waals surface area contributed by atoms with Gasteiger partial charge in [-0.3, -0.25) is 0 Å². The number of pyridine rings is 1. The summed E-state index contributed by atoms with van der Waals surface area (Å²) in [5.74, 6) is 0.887. The zero-order valence-corrected chi connectivity index (χ0v) is 14.8. The molecule has 3 heterocycles. The highest BCUT2D eigenvalue weighted by Gasteiger charge is 2.15. The number of aromatic amines is 1. The van der Waals surface area contributed by atoms with Gasteiger partial charge in [0.15, 0.2) is 0 Å². The number of benzene rings is 1. The van der Waals surface area contributed by atoms with Crippen molar-refractivity contribution < 1.29 is 4.74 Å². The maximum absolute atomic E-state index is 5.47. The van der Waals surface area contributed by atoms with Gasteiger partial charge in [-0.15, -0.1) is 0 Å². The average molecular weight is 387 g/mol. The fourth-order valence-electron chi connectivity index (χ4n) is 3.02. The Morgan fingerprint density at radius 1 is 1.21 bits per heavy atom. The molecule has 0 spiro atoms. The molecule has 0 unspecified atom stereocenters. The van der Waals surface area contributed by atoms with Gasteiger partial charge >= 0.3 is 0 Å². The average Bonchev–Trinajstić information content (AvgIpc) is 3.09. The predicted molar refractivity (Wildman–Crippen MR) is 101 cm³/mol. The van der Waals surface area contributed by atoms with Gasteiger partial charge < -0.3 is 19.9 Å². The minimum Gasteiger partial charge on any atom is -0.378 e. The van der Waals surface area contributed by atoms with Crippen LogP contribution in [0.25, 0.3) is 10.9 Å². The van der Waals surface area contributed by atoms with E-state index in [1.165, 1.54) is 11.3 Å². The third-order valence-electron chi connectivity index (χ3n) is 4.30. The van der Waals surface area contributed by atoms with Crippen LogP contribution in [0.15, 0.2) is 47.2 Å². The van der Waals surface area contributed by atoms with Gasteiger partial charge in [-0.25, -0.2) is 4.98 Å². The van der Waals surface area contributed by atoms with Crippen LogP contribution < -0.4 is 10.2 Å². The molecule has 2 N–H and O–H groups in total. The summed E-state index contributed by atoms with van der Waals surface area (Å²) in [6.07, 6.45) is 3.80. The van der Waals surface area contributed by atoms with Gasteiger partial charge in [0, 0.05) is 41.4 Å². The second-order valence-electron chi connectivity index (χ2n) is 5.86. The summed E-state index contributed by atoms with van der Waals surface area (Å²) in [6.45, 7) is 4.16. The Labute approximate surface area is 149 Å². The lowest BCUT2D eigenvalue weighted by Gasteiger charge is -2.31. The highest BCUT2D eigenvalue weighted by molar-refractivity contribution is 9.10. The molecule has 2 aromatic heterocycles. The molecule has 0 radical (unpaired) electrons. The van der Waals surface area contributed by atoms with E-state index in [9.17, 15) is 0 Å². The number of morpholine rings is 1. The van der Waals surface area contributed by atoms with Crippen molar-refractivity contribution >= 4 is 38.3 Å². The number of hydrogen-bond acceptors (Lipinski definition) is 4. The molecule has 4 rings (SSSR count). The summed E-state index contributed by atoms with van der Waals surface area (Å²) in [6, 6.07) is 10.6. The fourth-order valence-corrected chi connectivity index (χ4v) is 3.37. The molecule has 1 aliphatic heterocycles. The second-order valence-corrected chi connectivity index (χ2v) is 6.78. The van der Waals surface area contributed by atoms with Crippen molar-refractivity contribution in [3.8, 4) is 0 Å². The first-order chi connectivity index (χ1) is 11.8. The maximum Gasteiger partial charge on any atom is 0.126 e. The maximum atomic E-state index is 5.47. The van der Waals surface area contributed by atoms with E-state index in [2.05, 4.69) is 66.4 Å². The topological polar surface area (TPSA) is 53.2 Å². The lowest BCUT2D eigenvalue weighted by molar-refractivity contribution is 0.122. The molecule has 0 aliphatic carbocycles. The lowest BCUT2D eigenvalue weighted by atomic mass is 10.1. The monoisotopic (exact) mass is 386 g/mol. The first kappa shape index (κ1) is 15.5. The van der Waals surface area contributed by atoms with E-state index in [-0.39, 0.29) is 0 Å². The number of aromatic nitrogens is 2. The second kappa shape index (κ2) is 6.83. The van der Waals surface area contributed by atoms with E-state index in [1.807, 2.05) is 12.4 Å². The standard InChI is InChI=1S/C18H19BrN4O/c19-15-2-1-14(17(10-15)23-5-7-24-8-6-23)11-21-18-9-13-3-4-20-16(13)12-22-18/h1-4,9-10,12,20H,5-8,11H2,(H,21,22). The quantitative estimate of drug-likeness (QED) is 0.716. The van der Waals surface area contributed by atoms with Crippen LogP contribution in [0.4, 0.5) is 11.5 Å². The van der Waals surface area contributed by atoms with Crippen LogP contribution >= 0.6 is 15.9 Å². The van der Waals surface area contributed by atoms with Gasteiger partial charge in [-0.2, -0.15) is 0 Å². The smallest absolute Gasteiger partial charge is 0.126 e. The van der Waals surface area contributed by atoms with E-state index < -0.39 is 0 Å². The summed E-state index contributed by atoms with van der Waals surface area (Å²) in [5.41, 5.74) is 3.57. The molecular weight excluding hydrogens is 368 g/mol. The molecule has 24 heavy (non-hydrogen) atoms. The van der Waals surface area contributed by atoms with Gasteiger partial charge in [0.25, 0.3) is 0 Å². The van der Waals surface area contributed by atoms with Crippen LogP contribution in [-0.4, -0.2) is 36.3 Å². The Bertz CT molecular complexity index is 842. The van der Waals surface area contributed by atoms with Gasteiger partial charge in [-0.1, -0.05) is 22.0 Å². The first-order valence-electron chi connectivity index (χ1n) is 8.08. The first-order valence-corrected chi connectivity index (χ1v) is 8.87. The van der Waals surface area contributed by atoms with E-state index in [4.69, 9.17) is 4.74 Å². The van der Waals surface area contributed by atoms with Crippen LogP contribution in [0.3, 0.4) is 0 Å². The van der Waals surface area contributed by atoms with E-state index in [0.717, 1.165) is 54.0 Å². The molecule has 0 saturated carbocycles. The molecule has 1 aromatic carbocycles. The Morgan fingerprint density at radius 3 is 2.96 bits per heavy atom. The molecule has 1 fully saturated rings. The minimum absolute atomic E-state index is 0.739. The van der Waals surface area contributed by atoms with Crippen LogP contribution in [0.5, 0.6) is 0 Å². The van der Waals surface area contributed by atoms with Crippen molar-refractivity contribution in [2.24, 2.45) is 0 Å².